The van der Waals surface area contributed by atoms with Gasteiger partial charge in [-0.2, -0.15) is 0 Å². The van der Waals surface area contributed by atoms with Crippen LogP contribution < -0.4 is 9.04 Å². The number of amides is 1. The molecule has 2 aromatic rings. The number of benzene rings is 2. The number of carbonyl (C=O) groups is 1. The van der Waals surface area contributed by atoms with Crippen molar-refractivity contribution in [3.63, 3.8) is 0 Å². The monoisotopic (exact) mass is 464 g/mol. The van der Waals surface area contributed by atoms with Crippen LogP contribution in [0.25, 0.3) is 0 Å². The van der Waals surface area contributed by atoms with Crippen molar-refractivity contribution in [1.29, 1.82) is 0 Å². The summed E-state index contributed by atoms with van der Waals surface area (Å²) in [5, 5.41) is 0.248. The Hall–Kier alpha value is -2.25. The molecule has 1 aliphatic rings. The summed E-state index contributed by atoms with van der Waals surface area (Å²) in [5.41, 5.74) is 0.696. The van der Waals surface area contributed by atoms with Gasteiger partial charge in [0.15, 0.2) is 0 Å². The molecule has 168 valence electrons. The second-order valence-electron chi connectivity index (χ2n) is 8.24. The fraction of sp³-hybridized carbons (Fsp3) is 0.435. The van der Waals surface area contributed by atoms with E-state index in [0.29, 0.717) is 11.4 Å². The maximum Gasteiger partial charge on any atom is 0.264 e. The van der Waals surface area contributed by atoms with Gasteiger partial charge in [-0.05, 0) is 68.1 Å². The number of hydrogen-bond donors (Lipinski definition) is 0. The fourth-order valence-corrected chi connectivity index (χ4v) is 4.83. The molecule has 0 heterocycles. The topological polar surface area (TPSA) is 66.9 Å². The van der Waals surface area contributed by atoms with Crippen molar-refractivity contribution in [1.82, 2.24) is 4.90 Å². The van der Waals surface area contributed by atoms with Crippen LogP contribution in [0.4, 0.5) is 5.69 Å². The zero-order valence-corrected chi connectivity index (χ0v) is 20.1. The highest BCUT2D eigenvalue weighted by Crippen LogP contribution is 2.34. The number of sulfonamides is 1. The smallest absolute Gasteiger partial charge is 0.264 e. The van der Waals surface area contributed by atoms with Crippen molar-refractivity contribution in [2.24, 2.45) is 5.92 Å². The first-order valence-corrected chi connectivity index (χ1v) is 12.1. The molecule has 1 saturated carbocycles. The summed E-state index contributed by atoms with van der Waals surface area (Å²) < 4.78 is 32.8. The molecule has 0 spiro atoms. The normalized spacial score (nSPS) is 14.9. The molecule has 2 aromatic carbocycles. The van der Waals surface area contributed by atoms with E-state index in [1.807, 2.05) is 11.8 Å². The lowest BCUT2D eigenvalue weighted by atomic mass is 10.0. The lowest BCUT2D eigenvalue weighted by molar-refractivity contribution is 0.0628. The molecule has 0 bridgehead atoms. The predicted octanol–water partition coefficient (Wildman–Crippen LogP) is 4.82. The van der Waals surface area contributed by atoms with Crippen LogP contribution in [0.5, 0.6) is 5.75 Å². The molecular formula is C23H29ClN2O4S. The third kappa shape index (κ3) is 4.83. The van der Waals surface area contributed by atoms with Gasteiger partial charge in [-0.25, -0.2) is 8.42 Å². The number of anilines is 1. The highest BCUT2D eigenvalue weighted by Gasteiger charge is 2.38. The molecule has 1 fully saturated rings. The van der Waals surface area contributed by atoms with E-state index in [-0.39, 0.29) is 39.4 Å². The molecule has 1 aliphatic carbocycles. The molecule has 8 heteroatoms. The Morgan fingerprint density at radius 1 is 1.10 bits per heavy atom. The van der Waals surface area contributed by atoms with Crippen LogP contribution in [-0.4, -0.2) is 45.5 Å². The van der Waals surface area contributed by atoms with Gasteiger partial charge in [0.2, 0.25) is 0 Å². The molecular weight excluding hydrogens is 436 g/mol. The van der Waals surface area contributed by atoms with E-state index >= 15 is 0 Å². The first kappa shape index (κ1) is 23.4. The van der Waals surface area contributed by atoms with Crippen molar-refractivity contribution in [3.05, 3.63) is 53.1 Å². The summed E-state index contributed by atoms with van der Waals surface area (Å²) >= 11 is 6.35. The lowest BCUT2D eigenvalue weighted by Crippen LogP contribution is -2.43. The SMILES string of the molecule is COc1ccc(N(C)S(=O)(=O)c2ccc(Cl)c(C(=O)N(C3CC3)C(C)C(C)C)c2)cc1. The molecule has 0 radical (unpaired) electrons. The second kappa shape index (κ2) is 9.09. The fourth-order valence-electron chi connectivity index (χ4n) is 3.41. The van der Waals surface area contributed by atoms with Crippen molar-refractivity contribution >= 4 is 33.2 Å². The summed E-state index contributed by atoms with van der Waals surface area (Å²) in [7, 11) is -0.863. The predicted molar refractivity (Wildman–Crippen MR) is 124 cm³/mol. The standard InChI is InChI=1S/C23H29ClN2O4S/c1-15(2)16(3)26(18-6-7-18)23(27)21-14-20(12-13-22(21)24)31(28,29)25(4)17-8-10-19(30-5)11-9-17/h8-16,18H,6-7H2,1-5H3. The lowest BCUT2D eigenvalue weighted by Gasteiger charge is -2.32. The Labute approximate surface area is 189 Å². The van der Waals surface area contributed by atoms with E-state index in [4.69, 9.17) is 16.3 Å². The van der Waals surface area contributed by atoms with Gasteiger partial charge in [-0.3, -0.25) is 9.10 Å². The molecule has 0 aromatic heterocycles. The zero-order valence-electron chi connectivity index (χ0n) is 18.5. The maximum absolute atomic E-state index is 13.4. The molecule has 0 saturated heterocycles. The van der Waals surface area contributed by atoms with Gasteiger partial charge in [0, 0.05) is 19.1 Å². The number of methoxy groups -OCH3 is 1. The van der Waals surface area contributed by atoms with Gasteiger partial charge >= 0.3 is 0 Å². The van der Waals surface area contributed by atoms with Gasteiger partial charge in [-0.15, -0.1) is 0 Å². The quantitative estimate of drug-likeness (QED) is 0.561. The molecule has 6 nitrogen and oxygen atoms in total. The van der Waals surface area contributed by atoms with Crippen LogP contribution >= 0.6 is 11.6 Å². The molecule has 3 rings (SSSR count). The molecule has 1 atom stereocenters. The van der Waals surface area contributed by atoms with E-state index < -0.39 is 10.0 Å². The van der Waals surface area contributed by atoms with Crippen molar-refractivity contribution in [2.75, 3.05) is 18.5 Å². The maximum atomic E-state index is 13.4. The van der Waals surface area contributed by atoms with Crippen molar-refractivity contribution < 1.29 is 17.9 Å². The summed E-state index contributed by atoms with van der Waals surface area (Å²) in [6, 6.07) is 11.2. The van der Waals surface area contributed by atoms with E-state index in [1.165, 1.54) is 29.6 Å². The summed E-state index contributed by atoms with van der Waals surface area (Å²) in [6.07, 6.45) is 1.91. The number of rotatable bonds is 8. The Morgan fingerprint density at radius 3 is 2.23 bits per heavy atom. The van der Waals surface area contributed by atoms with Crippen molar-refractivity contribution in [3.8, 4) is 5.75 Å². The summed E-state index contributed by atoms with van der Waals surface area (Å²) in [5.74, 6) is 0.683. The van der Waals surface area contributed by atoms with E-state index in [0.717, 1.165) is 12.8 Å². The van der Waals surface area contributed by atoms with Gasteiger partial charge < -0.3 is 9.64 Å². The number of carbonyl (C=O) groups excluding carboxylic acids is 1. The van der Waals surface area contributed by atoms with Crippen LogP contribution in [-0.2, 0) is 10.0 Å². The first-order chi connectivity index (χ1) is 14.6. The average molecular weight is 465 g/mol. The average Bonchev–Trinajstić information content (AvgIpc) is 3.58. The van der Waals surface area contributed by atoms with Crippen LogP contribution in [0.15, 0.2) is 47.4 Å². The van der Waals surface area contributed by atoms with Crippen LogP contribution in [0, 0.1) is 5.92 Å². The Balaban J connectivity index is 1.96. The van der Waals surface area contributed by atoms with Crippen LogP contribution in [0.2, 0.25) is 5.02 Å². The summed E-state index contributed by atoms with van der Waals surface area (Å²) in [4.78, 5) is 15.3. The van der Waals surface area contributed by atoms with Crippen molar-refractivity contribution in [2.45, 2.75) is 50.6 Å². The minimum absolute atomic E-state index is 0.0199. The second-order valence-corrected chi connectivity index (χ2v) is 10.6. The summed E-state index contributed by atoms with van der Waals surface area (Å²) in [6.45, 7) is 6.16. The van der Waals surface area contributed by atoms with Gasteiger partial charge in [0.05, 0.1) is 28.3 Å². The molecule has 31 heavy (non-hydrogen) atoms. The minimum atomic E-state index is -3.89. The Bertz CT molecular complexity index is 1050. The van der Waals surface area contributed by atoms with E-state index in [2.05, 4.69) is 13.8 Å². The number of hydrogen-bond acceptors (Lipinski definition) is 4. The molecule has 1 amide bonds. The highest BCUT2D eigenvalue weighted by molar-refractivity contribution is 7.92. The van der Waals surface area contributed by atoms with Gasteiger partial charge in [0.25, 0.3) is 15.9 Å². The number of ether oxygens (including phenoxy) is 1. The number of halogens is 1. The number of nitrogens with zero attached hydrogens (tertiary/aromatic N) is 2. The van der Waals surface area contributed by atoms with E-state index in [9.17, 15) is 13.2 Å². The van der Waals surface area contributed by atoms with Gasteiger partial charge in [0.1, 0.15) is 5.75 Å². The van der Waals surface area contributed by atoms with Gasteiger partial charge in [-0.1, -0.05) is 25.4 Å². The minimum Gasteiger partial charge on any atom is -0.497 e. The molecule has 0 aliphatic heterocycles. The third-order valence-corrected chi connectivity index (χ3v) is 7.95. The largest absolute Gasteiger partial charge is 0.497 e. The zero-order chi connectivity index (χ0) is 22.9. The molecule has 0 N–H and O–H groups in total. The Kier molecular flexibility index (Phi) is 6.86. The third-order valence-electron chi connectivity index (χ3n) is 5.84. The molecule has 1 unspecified atom stereocenters. The Morgan fingerprint density at radius 2 is 1.71 bits per heavy atom. The highest BCUT2D eigenvalue weighted by atomic mass is 35.5. The first-order valence-electron chi connectivity index (χ1n) is 10.3. The van der Waals surface area contributed by atoms with Crippen LogP contribution in [0.3, 0.4) is 0 Å². The van der Waals surface area contributed by atoms with E-state index in [1.54, 1.807) is 31.4 Å². The van der Waals surface area contributed by atoms with Crippen LogP contribution in [0.1, 0.15) is 44.0 Å².